The van der Waals surface area contributed by atoms with Gasteiger partial charge in [-0.25, -0.2) is 4.98 Å². The van der Waals surface area contributed by atoms with Crippen molar-refractivity contribution >= 4 is 0 Å². The van der Waals surface area contributed by atoms with Crippen molar-refractivity contribution in [2.24, 2.45) is 0 Å². The molecule has 0 saturated carbocycles. The molecular formula is C20H19N3O3. The second kappa shape index (κ2) is 6.65. The number of hydrogen-bond donors (Lipinski definition) is 3. The molecule has 132 valence electrons. The maximum absolute atomic E-state index is 12.6. The minimum Gasteiger partial charge on any atom is -0.508 e. The molecule has 0 saturated heterocycles. The van der Waals surface area contributed by atoms with Gasteiger partial charge in [0.2, 0.25) is 0 Å². The fourth-order valence-electron chi connectivity index (χ4n) is 3.29. The topological polar surface area (TPSA) is 89.5 Å². The Morgan fingerprint density at radius 1 is 1.12 bits per heavy atom. The standard InChI is InChI=1S/C20H19N3O3/c24-15-6-7-18(25)14(10-15)11-23-9-8-17-16(12-23)20(26)22-19(21-17)13-4-2-1-3-5-13/h1-7,10,24-25H,8-9,11-12H2,(H,21,22,26). The van der Waals surface area contributed by atoms with Gasteiger partial charge in [0, 0.05) is 37.2 Å². The quantitative estimate of drug-likeness (QED) is 0.632. The lowest BCUT2D eigenvalue weighted by molar-refractivity contribution is 0.238. The summed E-state index contributed by atoms with van der Waals surface area (Å²) in [5, 5.41) is 19.6. The molecule has 0 atom stereocenters. The molecule has 0 unspecified atom stereocenters. The molecule has 0 bridgehead atoms. The van der Waals surface area contributed by atoms with Crippen LogP contribution >= 0.6 is 0 Å². The normalized spacial score (nSPS) is 14.2. The van der Waals surface area contributed by atoms with Crippen LogP contribution in [0.1, 0.15) is 16.8 Å². The Morgan fingerprint density at radius 2 is 1.92 bits per heavy atom. The number of aromatic nitrogens is 2. The lowest BCUT2D eigenvalue weighted by Crippen LogP contribution is -2.35. The number of phenols is 2. The van der Waals surface area contributed by atoms with Crippen molar-refractivity contribution in [2.45, 2.75) is 19.5 Å². The Kier molecular flexibility index (Phi) is 4.18. The van der Waals surface area contributed by atoms with Crippen LogP contribution in [0.2, 0.25) is 0 Å². The molecule has 0 spiro atoms. The maximum atomic E-state index is 12.6. The van der Waals surface area contributed by atoms with E-state index in [4.69, 9.17) is 0 Å². The molecule has 0 radical (unpaired) electrons. The molecule has 2 aromatic carbocycles. The summed E-state index contributed by atoms with van der Waals surface area (Å²) in [6.45, 7) is 1.65. The lowest BCUT2D eigenvalue weighted by Gasteiger charge is -2.28. The number of nitrogens with one attached hydrogen (secondary N) is 1. The van der Waals surface area contributed by atoms with E-state index in [9.17, 15) is 15.0 Å². The molecule has 1 aliphatic rings. The van der Waals surface area contributed by atoms with Crippen LogP contribution in [0, 0.1) is 0 Å². The van der Waals surface area contributed by atoms with Gasteiger partial charge in [-0.1, -0.05) is 30.3 Å². The highest BCUT2D eigenvalue weighted by molar-refractivity contribution is 5.54. The van der Waals surface area contributed by atoms with Crippen molar-refractivity contribution in [3.63, 3.8) is 0 Å². The fourth-order valence-corrected chi connectivity index (χ4v) is 3.29. The van der Waals surface area contributed by atoms with E-state index in [1.165, 1.54) is 12.1 Å². The molecule has 3 N–H and O–H groups in total. The van der Waals surface area contributed by atoms with E-state index in [0.717, 1.165) is 17.8 Å². The van der Waals surface area contributed by atoms with Crippen molar-refractivity contribution in [3.05, 3.63) is 75.7 Å². The third kappa shape index (κ3) is 3.19. The monoisotopic (exact) mass is 349 g/mol. The predicted octanol–water partition coefficient (Wildman–Crippen LogP) is 2.41. The molecule has 0 fully saturated rings. The molecule has 26 heavy (non-hydrogen) atoms. The molecule has 6 heteroatoms. The molecular weight excluding hydrogens is 330 g/mol. The molecule has 2 heterocycles. The van der Waals surface area contributed by atoms with Crippen LogP contribution in [-0.4, -0.2) is 31.6 Å². The first kappa shape index (κ1) is 16.4. The van der Waals surface area contributed by atoms with Crippen molar-refractivity contribution in [1.82, 2.24) is 14.9 Å². The van der Waals surface area contributed by atoms with Crippen molar-refractivity contribution in [1.29, 1.82) is 0 Å². The minimum absolute atomic E-state index is 0.113. The minimum atomic E-state index is -0.126. The summed E-state index contributed by atoms with van der Waals surface area (Å²) in [4.78, 5) is 22.2. The number of fused-ring (bicyclic) bond motifs is 1. The van der Waals surface area contributed by atoms with Gasteiger partial charge in [-0.3, -0.25) is 9.69 Å². The van der Waals surface area contributed by atoms with E-state index in [2.05, 4.69) is 14.9 Å². The van der Waals surface area contributed by atoms with E-state index in [1.54, 1.807) is 6.07 Å². The second-order valence-corrected chi connectivity index (χ2v) is 6.48. The Hall–Kier alpha value is -3.12. The number of aromatic amines is 1. The highest BCUT2D eigenvalue weighted by Crippen LogP contribution is 2.26. The van der Waals surface area contributed by atoms with Gasteiger partial charge >= 0.3 is 0 Å². The Bertz CT molecular complexity index is 999. The Morgan fingerprint density at radius 3 is 2.73 bits per heavy atom. The molecule has 4 rings (SSSR count). The summed E-state index contributed by atoms with van der Waals surface area (Å²) in [5.74, 6) is 0.843. The van der Waals surface area contributed by atoms with Crippen LogP contribution in [0.5, 0.6) is 11.5 Å². The number of aromatic hydroxyl groups is 2. The Labute approximate surface area is 150 Å². The number of hydrogen-bond acceptors (Lipinski definition) is 5. The van der Waals surface area contributed by atoms with E-state index in [1.807, 2.05) is 30.3 Å². The molecule has 3 aromatic rings. The summed E-state index contributed by atoms with van der Waals surface area (Å²) < 4.78 is 0. The van der Waals surface area contributed by atoms with Crippen molar-refractivity contribution in [3.8, 4) is 22.9 Å². The molecule has 1 aliphatic heterocycles. The summed E-state index contributed by atoms with van der Waals surface area (Å²) in [5.41, 5.74) is 2.89. The smallest absolute Gasteiger partial charge is 0.255 e. The van der Waals surface area contributed by atoms with E-state index >= 15 is 0 Å². The van der Waals surface area contributed by atoms with Gasteiger partial charge in [-0.2, -0.15) is 0 Å². The maximum Gasteiger partial charge on any atom is 0.255 e. The summed E-state index contributed by atoms with van der Waals surface area (Å²) in [6, 6.07) is 14.1. The first-order valence-corrected chi connectivity index (χ1v) is 8.51. The lowest BCUT2D eigenvalue weighted by atomic mass is 10.0. The third-order valence-corrected chi connectivity index (χ3v) is 4.65. The summed E-state index contributed by atoms with van der Waals surface area (Å²) >= 11 is 0. The van der Waals surface area contributed by atoms with E-state index < -0.39 is 0 Å². The summed E-state index contributed by atoms with van der Waals surface area (Å²) in [7, 11) is 0. The Balaban J connectivity index is 1.59. The number of nitrogens with zero attached hydrogens (tertiary/aromatic N) is 2. The number of benzene rings is 2. The molecule has 6 nitrogen and oxygen atoms in total. The third-order valence-electron chi connectivity index (χ3n) is 4.65. The zero-order valence-corrected chi connectivity index (χ0v) is 14.1. The zero-order chi connectivity index (χ0) is 18.1. The first-order chi connectivity index (χ1) is 12.6. The van der Waals surface area contributed by atoms with Gasteiger partial charge < -0.3 is 15.2 Å². The first-order valence-electron chi connectivity index (χ1n) is 8.51. The highest BCUT2D eigenvalue weighted by atomic mass is 16.3. The van der Waals surface area contributed by atoms with Crippen LogP contribution in [0.25, 0.3) is 11.4 Å². The van der Waals surface area contributed by atoms with Crippen LogP contribution in [-0.2, 0) is 19.5 Å². The van der Waals surface area contributed by atoms with Crippen LogP contribution < -0.4 is 5.56 Å². The average molecular weight is 349 g/mol. The number of phenolic OH excluding ortho intramolecular Hbond substituents is 2. The van der Waals surface area contributed by atoms with Crippen molar-refractivity contribution in [2.75, 3.05) is 6.54 Å². The van der Waals surface area contributed by atoms with Gasteiger partial charge in [-0.15, -0.1) is 0 Å². The van der Waals surface area contributed by atoms with Gasteiger partial charge in [0.1, 0.15) is 17.3 Å². The predicted molar refractivity (Wildman–Crippen MR) is 97.9 cm³/mol. The summed E-state index contributed by atoms with van der Waals surface area (Å²) in [6.07, 6.45) is 0.665. The van der Waals surface area contributed by atoms with E-state index in [0.29, 0.717) is 36.5 Å². The SMILES string of the molecule is O=c1[nH]c(-c2ccccc2)nc2c1CN(Cc1cc(O)ccc1O)CC2. The number of rotatable bonds is 3. The average Bonchev–Trinajstić information content (AvgIpc) is 2.66. The van der Waals surface area contributed by atoms with Crippen molar-refractivity contribution < 1.29 is 10.2 Å². The van der Waals surface area contributed by atoms with Gasteiger partial charge in [0.15, 0.2) is 0 Å². The van der Waals surface area contributed by atoms with Crippen LogP contribution in [0.4, 0.5) is 0 Å². The zero-order valence-electron chi connectivity index (χ0n) is 14.1. The molecule has 0 aliphatic carbocycles. The fraction of sp³-hybridized carbons (Fsp3) is 0.200. The number of H-pyrrole nitrogens is 1. The molecule has 1 aromatic heterocycles. The van der Waals surface area contributed by atoms with Gasteiger partial charge in [-0.05, 0) is 18.2 Å². The van der Waals surface area contributed by atoms with Crippen LogP contribution in [0.15, 0.2) is 53.3 Å². The van der Waals surface area contributed by atoms with E-state index in [-0.39, 0.29) is 17.1 Å². The second-order valence-electron chi connectivity index (χ2n) is 6.48. The van der Waals surface area contributed by atoms with Crippen LogP contribution in [0.3, 0.4) is 0 Å². The largest absolute Gasteiger partial charge is 0.508 e. The highest BCUT2D eigenvalue weighted by Gasteiger charge is 2.22. The van der Waals surface area contributed by atoms with Gasteiger partial charge in [0.25, 0.3) is 5.56 Å². The molecule has 0 amide bonds. The van der Waals surface area contributed by atoms with Gasteiger partial charge in [0.05, 0.1) is 11.3 Å².